The zero-order valence-electron chi connectivity index (χ0n) is 11.1. The lowest BCUT2D eigenvalue weighted by Crippen LogP contribution is -2.56. The molecule has 0 bridgehead atoms. The zero-order chi connectivity index (χ0) is 14.6. The number of carboxylic acid groups (broad SMARTS) is 1. The Morgan fingerprint density at radius 1 is 1.53 bits per heavy atom. The van der Waals surface area contributed by atoms with Crippen LogP contribution in [-0.4, -0.2) is 52.9 Å². The second kappa shape index (κ2) is 5.87. The van der Waals surface area contributed by atoms with Gasteiger partial charge in [-0.1, -0.05) is 0 Å². The normalized spacial score (nSPS) is 20.1. The molecule has 108 valence electrons. The maximum Gasteiger partial charge on any atom is 0.426 e. The van der Waals surface area contributed by atoms with Crippen LogP contribution in [0.3, 0.4) is 0 Å². The Kier molecular flexibility index (Phi) is 4.71. The van der Waals surface area contributed by atoms with Crippen LogP contribution in [0.15, 0.2) is 0 Å². The molecule has 1 rings (SSSR count). The molecule has 1 saturated heterocycles. The van der Waals surface area contributed by atoms with Crippen LogP contribution >= 0.6 is 0 Å². The van der Waals surface area contributed by atoms with Crippen molar-refractivity contribution < 1.29 is 29.0 Å². The zero-order valence-corrected chi connectivity index (χ0v) is 11.1. The molecule has 19 heavy (non-hydrogen) atoms. The second-order valence-electron chi connectivity index (χ2n) is 5.06. The molecule has 0 aromatic heterocycles. The van der Waals surface area contributed by atoms with Gasteiger partial charge in [0.15, 0.2) is 0 Å². The number of ether oxygens (including phenoxy) is 2. The number of carbonyl (C=O) groups excluding carboxylic acids is 2. The number of carboxylic acids is 1. The third-order valence-corrected chi connectivity index (χ3v) is 2.16. The number of hydrogen-bond donors (Lipinski definition) is 2. The van der Waals surface area contributed by atoms with Gasteiger partial charge in [-0.3, -0.25) is 9.59 Å². The summed E-state index contributed by atoms with van der Waals surface area (Å²) in [5.74, 6) is -1.74. The fourth-order valence-corrected chi connectivity index (χ4v) is 1.47. The summed E-state index contributed by atoms with van der Waals surface area (Å²) >= 11 is 0. The Hall–Kier alpha value is -1.83. The van der Waals surface area contributed by atoms with Gasteiger partial charge in [0.05, 0.1) is 19.6 Å². The summed E-state index contributed by atoms with van der Waals surface area (Å²) in [5, 5.41) is 9.66. The molecule has 2 amide bonds. The van der Waals surface area contributed by atoms with Crippen molar-refractivity contribution in [2.45, 2.75) is 38.9 Å². The number of hydrogen-bond acceptors (Lipinski definition) is 5. The van der Waals surface area contributed by atoms with Crippen LogP contribution in [0.1, 0.15) is 27.2 Å². The van der Waals surface area contributed by atoms with Crippen molar-refractivity contribution in [3.63, 3.8) is 0 Å². The summed E-state index contributed by atoms with van der Waals surface area (Å²) in [6, 6.07) is 0. The van der Waals surface area contributed by atoms with E-state index in [1.54, 1.807) is 20.8 Å². The fourth-order valence-electron chi connectivity index (χ4n) is 1.47. The van der Waals surface area contributed by atoms with Crippen molar-refractivity contribution in [3.8, 4) is 0 Å². The first-order chi connectivity index (χ1) is 8.69. The van der Waals surface area contributed by atoms with E-state index in [0.717, 1.165) is 5.01 Å². The minimum Gasteiger partial charge on any atom is -0.481 e. The molecule has 0 saturated carbocycles. The Morgan fingerprint density at radius 3 is 2.68 bits per heavy atom. The molecule has 2 N–H and O–H groups in total. The number of nitrogens with one attached hydrogen (secondary N) is 1. The molecule has 0 aromatic carbocycles. The van der Waals surface area contributed by atoms with Crippen LogP contribution < -0.4 is 5.43 Å². The lowest BCUT2D eigenvalue weighted by molar-refractivity contribution is -0.162. The molecule has 1 aliphatic heterocycles. The topological polar surface area (TPSA) is 105 Å². The number of carbonyl (C=O) groups is 3. The molecule has 8 nitrogen and oxygen atoms in total. The van der Waals surface area contributed by atoms with Gasteiger partial charge in [0.25, 0.3) is 5.91 Å². The van der Waals surface area contributed by atoms with Gasteiger partial charge in [-0.05, 0) is 20.8 Å². The van der Waals surface area contributed by atoms with Gasteiger partial charge in [-0.2, -0.15) is 0 Å². The number of amides is 2. The van der Waals surface area contributed by atoms with Crippen LogP contribution in [0.4, 0.5) is 4.79 Å². The lowest BCUT2D eigenvalue weighted by Gasteiger charge is -2.32. The summed E-state index contributed by atoms with van der Waals surface area (Å²) in [4.78, 5) is 33.9. The van der Waals surface area contributed by atoms with Gasteiger partial charge < -0.3 is 14.6 Å². The molecule has 0 unspecified atom stereocenters. The van der Waals surface area contributed by atoms with E-state index in [1.165, 1.54) is 0 Å². The van der Waals surface area contributed by atoms with Gasteiger partial charge in [-0.25, -0.2) is 15.2 Å². The van der Waals surface area contributed by atoms with Gasteiger partial charge in [-0.15, -0.1) is 0 Å². The molecule has 8 heteroatoms. The largest absolute Gasteiger partial charge is 0.481 e. The summed E-state index contributed by atoms with van der Waals surface area (Å²) in [5.41, 5.74) is 1.60. The molecule has 0 aromatic rings. The van der Waals surface area contributed by atoms with Crippen LogP contribution in [0.25, 0.3) is 0 Å². The average molecular weight is 274 g/mol. The van der Waals surface area contributed by atoms with E-state index in [-0.39, 0.29) is 13.2 Å². The van der Waals surface area contributed by atoms with Gasteiger partial charge in [0.1, 0.15) is 11.7 Å². The van der Waals surface area contributed by atoms with Crippen molar-refractivity contribution in [1.29, 1.82) is 0 Å². The van der Waals surface area contributed by atoms with E-state index >= 15 is 0 Å². The van der Waals surface area contributed by atoms with E-state index in [9.17, 15) is 14.4 Å². The van der Waals surface area contributed by atoms with Crippen molar-refractivity contribution in [2.24, 2.45) is 0 Å². The fraction of sp³-hybridized carbons (Fsp3) is 0.727. The monoisotopic (exact) mass is 274 g/mol. The van der Waals surface area contributed by atoms with Crippen LogP contribution in [0.2, 0.25) is 0 Å². The van der Waals surface area contributed by atoms with Crippen LogP contribution in [0, 0.1) is 0 Å². The maximum absolute atomic E-state index is 11.8. The number of aliphatic carboxylic acids is 1. The van der Waals surface area contributed by atoms with Crippen LogP contribution in [0.5, 0.6) is 0 Å². The van der Waals surface area contributed by atoms with Gasteiger partial charge >= 0.3 is 12.1 Å². The molecule has 1 heterocycles. The first-order valence-electron chi connectivity index (χ1n) is 5.83. The van der Waals surface area contributed by atoms with Gasteiger partial charge in [0.2, 0.25) is 0 Å². The minimum absolute atomic E-state index is 0.147. The van der Waals surface area contributed by atoms with E-state index in [4.69, 9.17) is 14.6 Å². The quantitative estimate of drug-likeness (QED) is 0.757. The summed E-state index contributed by atoms with van der Waals surface area (Å²) in [6.45, 7) is 5.39. The number of nitrogens with zero attached hydrogens (tertiary/aromatic N) is 1. The second-order valence-corrected chi connectivity index (χ2v) is 5.06. The SMILES string of the molecule is CC(C)(C)OC(=O)NN1CCO[C@H](CC(=O)O)C1=O. The Balaban J connectivity index is 2.56. The molecule has 0 spiro atoms. The Labute approximate surface area is 110 Å². The highest BCUT2D eigenvalue weighted by molar-refractivity contribution is 5.87. The van der Waals surface area contributed by atoms with E-state index in [2.05, 4.69) is 5.43 Å². The number of rotatable bonds is 3. The van der Waals surface area contributed by atoms with Crippen LogP contribution in [-0.2, 0) is 19.1 Å². The number of morpholine rings is 1. The van der Waals surface area contributed by atoms with Gasteiger partial charge in [0, 0.05) is 0 Å². The smallest absolute Gasteiger partial charge is 0.426 e. The average Bonchev–Trinajstić information content (AvgIpc) is 2.20. The molecule has 0 aliphatic carbocycles. The number of hydrazine groups is 1. The summed E-state index contributed by atoms with van der Waals surface area (Å²) in [6.07, 6.45) is -2.29. The summed E-state index contributed by atoms with van der Waals surface area (Å²) in [7, 11) is 0. The lowest BCUT2D eigenvalue weighted by atomic mass is 10.2. The first kappa shape index (κ1) is 15.2. The predicted octanol–water partition coefficient (Wildman–Crippen LogP) is 0.128. The third-order valence-electron chi connectivity index (χ3n) is 2.16. The van der Waals surface area contributed by atoms with Crippen molar-refractivity contribution in [1.82, 2.24) is 10.4 Å². The first-order valence-corrected chi connectivity index (χ1v) is 5.83. The summed E-state index contributed by atoms with van der Waals surface area (Å²) < 4.78 is 10.1. The molecule has 0 radical (unpaired) electrons. The highest BCUT2D eigenvalue weighted by Gasteiger charge is 2.33. The molecular formula is C11H18N2O6. The van der Waals surface area contributed by atoms with Crippen molar-refractivity contribution in [3.05, 3.63) is 0 Å². The maximum atomic E-state index is 11.8. The molecule has 1 fully saturated rings. The Bertz CT molecular complexity index is 376. The molecule has 1 aliphatic rings. The Morgan fingerprint density at radius 2 is 2.16 bits per heavy atom. The van der Waals surface area contributed by atoms with Crippen molar-refractivity contribution in [2.75, 3.05) is 13.2 Å². The third kappa shape index (κ3) is 5.12. The highest BCUT2D eigenvalue weighted by atomic mass is 16.6. The van der Waals surface area contributed by atoms with E-state index < -0.39 is 36.1 Å². The minimum atomic E-state index is -1.14. The standard InChI is InChI=1S/C11H18N2O6/c1-11(2,3)19-10(17)12-13-4-5-18-7(9(13)16)6-8(14)15/h7H,4-6H2,1-3H3,(H,12,17)(H,14,15)/t7-/m1/s1. The molecule has 1 atom stereocenters. The van der Waals surface area contributed by atoms with E-state index in [0.29, 0.717) is 0 Å². The van der Waals surface area contributed by atoms with Crippen molar-refractivity contribution >= 4 is 18.0 Å². The molecular weight excluding hydrogens is 256 g/mol. The predicted molar refractivity (Wildman–Crippen MR) is 63.1 cm³/mol. The van der Waals surface area contributed by atoms with E-state index in [1.807, 2.05) is 0 Å². The highest BCUT2D eigenvalue weighted by Crippen LogP contribution is 2.10.